The molecule has 2 aliphatic rings. The SMILES string of the molecule is CCC(=O)Nc1ccc2c(c1)C(=O)N(C)[C@H]1CC[C@H](CC(=O)NCCOC)O[C@H]1CO2. The first-order chi connectivity index (χ1) is 14.9. The predicted molar refractivity (Wildman–Crippen MR) is 114 cm³/mol. The van der Waals surface area contributed by atoms with Crippen LogP contribution in [0.15, 0.2) is 18.2 Å². The topological polar surface area (TPSA) is 106 Å². The van der Waals surface area contributed by atoms with Crippen LogP contribution < -0.4 is 15.4 Å². The molecular weight excluding hydrogens is 402 g/mol. The highest BCUT2D eigenvalue weighted by Crippen LogP contribution is 2.32. The van der Waals surface area contributed by atoms with E-state index in [0.29, 0.717) is 49.4 Å². The number of hydrogen-bond donors (Lipinski definition) is 2. The Morgan fingerprint density at radius 1 is 1.26 bits per heavy atom. The van der Waals surface area contributed by atoms with Crippen LogP contribution in [0.25, 0.3) is 0 Å². The van der Waals surface area contributed by atoms with Gasteiger partial charge in [-0.25, -0.2) is 0 Å². The van der Waals surface area contributed by atoms with Gasteiger partial charge in [-0.3, -0.25) is 14.4 Å². The molecule has 0 unspecified atom stereocenters. The Bertz CT molecular complexity index is 814. The summed E-state index contributed by atoms with van der Waals surface area (Å²) >= 11 is 0. The fourth-order valence-corrected chi connectivity index (χ4v) is 3.93. The number of methoxy groups -OCH3 is 1. The van der Waals surface area contributed by atoms with Crippen LogP contribution in [-0.2, 0) is 19.1 Å². The minimum atomic E-state index is -0.327. The molecule has 1 saturated heterocycles. The van der Waals surface area contributed by atoms with Crippen molar-refractivity contribution >= 4 is 23.4 Å². The van der Waals surface area contributed by atoms with E-state index in [1.165, 1.54) is 0 Å². The van der Waals surface area contributed by atoms with Crippen molar-refractivity contribution in [1.29, 1.82) is 0 Å². The number of rotatable bonds is 7. The van der Waals surface area contributed by atoms with Crippen LogP contribution in [0.5, 0.6) is 5.75 Å². The molecule has 1 aromatic rings. The van der Waals surface area contributed by atoms with Gasteiger partial charge in [0.15, 0.2) is 0 Å². The Balaban J connectivity index is 1.68. The number of fused-ring (bicyclic) bond motifs is 2. The van der Waals surface area contributed by atoms with Gasteiger partial charge in [-0.05, 0) is 31.0 Å². The van der Waals surface area contributed by atoms with Gasteiger partial charge in [-0.15, -0.1) is 0 Å². The largest absolute Gasteiger partial charge is 0.490 e. The summed E-state index contributed by atoms with van der Waals surface area (Å²) in [6, 6.07) is 4.91. The highest BCUT2D eigenvalue weighted by atomic mass is 16.5. The van der Waals surface area contributed by atoms with Gasteiger partial charge in [0.2, 0.25) is 11.8 Å². The van der Waals surface area contributed by atoms with E-state index in [1.54, 1.807) is 44.2 Å². The van der Waals surface area contributed by atoms with Crippen LogP contribution in [0.3, 0.4) is 0 Å². The first kappa shape index (κ1) is 23.0. The van der Waals surface area contributed by atoms with E-state index in [1.807, 2.05) is 0 Å². The van der Waals surface area contributed by atoms with Gasteiger partial charge in [0, 0.05) is 32.8 Å². The molecule has 9 heteroatoms. The van der Waals surface area contributed by atoms with E-state index in [9.17, 15) is 14.4 Å². The van der Waals surface area contributed by atoms with E-state index >= 15 is 0 Å². The minimum absolute atomic E-state index is 0.0799. The third-order valence-electron chi connectivity index (χ3n) is 5.66. The van der Waals surface area contributed by atoms with E-state index < -0.39 is 0 Å². The molecule has 2 heterocycles. The molecule has 9 nitrogen and oxygen atoms in total. The van der Waals surface area contributed by atoms with Gasteiger partial charge in [0.25, 0.3) is 5.91 Å². The molecule has 0 spiro atoms. The molecule has 3 rings (SSSR count). The average molecular weight is 434 g/mol. The first-order valence-electron chi connectivity index (χ1n) is 10.7. The van der Waals surface area contributed by atoms with Crippen molar-refractivity contribution in [2.75, 3.05) is 39.2 Å². The van der Waals surface area contributed by atoms with Crippen molar-refractivity contribution in [2.45, 2.75) is 50.9 Å². The van der Waals surface area contributed by atoms with Crippen LogP contribution in [-0.4, -0.2) is 74.8 Å². The zero-order valence-corrected chi connectivity index (χ0v) is 18.3. The summed E-state index contributed by atoms with van der Waals surface area (Å²) in [5.74, 6) is 0.0683. The number of carbonyl (C=O) groups is 3. The summed E-state index contributed by atoms with van der Waals surface area (Å²) in [6.07, 6.45) is 1.47. The Morgan fingerprint density at radius 3 is 2.81 bits per heavy atom. The molecule has 3 atom stereocenters. The summed E-state index contributed by atoms with van der Waals surface area (Å²) < 4.78 is 17.0. The van der Waals surface area contributed by atoms with Crippen molar-refractivity contribution in [3.05, 3.63) is 23.8 Å². The number of benzene rings is 1. The summed E-state index contributed by atoms with van der Waals surface area (Å²) in [4.78, 5) is 38.7. The van der Waals surface area contributed by atoms with Crippen molar-refractivity contribution < 1.29 is 28.6 Å². The van der Waals surface area contributed by atoms with Crippen LogP contribution in [0.4, 0.5) is 5.69 Å². The summed E-state index contributed by atoms with van der Waals surface area (Å²) in [5, 5.41) is 5.58. The Morgan fingerprint density at radius 2 is 2.06 bits per heavy atom. The van der Waals surface area contributed by atoms with E-state index in [4.69, 9.17) is 14.2 Å². The average Bonchev–Trinajstić information content (AvgIpc) is 2.76. The summed E-state index contributed by atoms with van der Waals surface area (Å²) in [6.45, 7) is 2.97. The zero-order valence-electron chi connectivity index (χ0n) is 18.3. The van der Waals surface area contributed by atoms with Crippen LogP contribution in [0, 0.1) is 0 Å². The second-order valence-corrected chi connectivity index (χ2v) is 7.83. The van der Waals surface area contributed by atoms with E-state index in [-0.39, 0.29) is 49.0 Å². The van der Waals surface area contributed by atoms with E-state index in [2.05, 4.69) is 10.6 Å². The Kier molecular flexibility index (Phi) is 7.86. The minimum Gasteiger partial charge on any atom is -0.490 e. The molecule has 170 valence electrons. The lowest BCUT2D eigenvalue weighted by Crippen LogP contribution is -2.54. The maximum absolute atomic E-state index is 13.2. The zero-order chi connectivity index (χ0) is 22.4. The lowest BCUT2D eigenvalue weighted by Gasteiger charge is -2.42. The molecule has 3 amide bonds. The van der Waals surface area contributed by atoms with Gasteiger partial charge in [0.05, 0.1) is 30.7 Å². The first-order valence-corrected chi connectivity index (χ1v) is 10.7. The van der Waals surface area contributed by atoms with Gasteiger partial charge in [0.1, 0.15) is 18.5 Å². The lowest BCUT2D eigenvalue weighted by molar-refractivity contribution is -0.134. The number of ether oxygens (including phenoxy) is 3. The Hall–Kier alpha value is -2.65. The molecule has 0 aromatic heterocycles. The molecule has 0 radical (unpaired) electrons. The standard InChI is InChI=1S/C22H31N3O6/c1-4-20(26)24-14-5-8-18-16(11-14)22(28)25(2)17-7-6-15(31-19(17)13-30-18)12-21(27)23-9-10-29-3/h5,8,11,15,17,19H,4,6-7,9-10,12-13H2,1-3H3,(H,23,27)(H,24,26)/t15-,17+,19+/m1/s1. The molecule has 1 fully saturated rings. The monoisotopic (exact) mass is 433 g/mol. The molecule has 31 heavy (non-hydrogen) atoms. The van der Waals surface area contributed by atoms with Crippen molar-refractivity contribution in [3.63, 3.8) is 0 Å². The number of likely N-dealkylation sites (N-methyl/N-ethyl adjacent to an activating group) is 1. The third-order valence-corrected chi connectivity index (χ3v) is 5.66. The number of hydrogen-bond acceptors (Lipinski definition) is 6. The van der Waals surface area contributed by atoms with Crippen LogP contribution in [0.1, 0.15) is 43.0 Å². The number of carbonyl (C=O) groups excluding carboxylic acids is 3. The lowest BCUT2D eigenvalue weighted by atomic mass is 9.94. The fraction of sp³-hybridized carbons (Fsp3) is 0.591. The molecule has 0 aliphatic carbocycles. The smallest absolute Gasteiger partial charge is 0.257 e. The van der Waals surface area contributed by atoms with E-state index in [0.717, 1.165) is 0 Å². The number of nitrogens with one attached hydrogen (secondary N) is 2. The third kappa shape index (κ3) is 5.74. The molecule has 2 N–H and O–H groups in total. The maximum Gasteiger partial charge on any atom is 0.257 e. The van der Waals surface area contributed by atoms with Gasteiger partial charge in [-0.1, -0.05) is 6.92 Å². The maximum atomic E-state index is 13.2. The summed E-state index contributed by atoms with van der Waals surface area (Å²) in [5.41, 5.74) is 0.974. The number of amides is 3. The molecule has 0 saturated carbocycles. The Labute approximate surface area is 182 Å². The van der Waals surface area contributed by atoms with Gasteiger partial charge >= 0.3 is 0 Å². The van der Waals surface area contributed by atoms with Crippen molar-refractivity contribution in [1.82, 2.24) is 10.2 Å². The highest BCUT2D eigenvalue weighted by molar-refractivity contribution is 5.99. The number of anilines is 1. The summed E-state index contributed by atoms with van der Waals surface area (Å²) in [7, 11) is 3.34. The molecule has 0 bridgehead atoms. The number of nitrogens with zero attached hydrogens (tertiary/aromatic N) is 1. The quantitative estimate of drug-likeness (QED) is 0.633. The van der Waals surface area contributed by atoms with Gasteiger partial charge in [-0.2, -0.15) is 0 Å². The molecular formula is C22H31N3O6. The van der Waals surface area contributed by atoms with Crippen molar-refractivity contribution in [2.24, 2.45) is 0 Å². The molecule has 1 aromatic carbocycles. The van der Waals surface area contributed by atoms with Gasteiger partial charge < -0.3 is 29.7 Å². The van der Waals surface area contributed by atoms with Crippen molar-refractivity contribution in [3.8, 4) is 5.75 Å². The van der Waals surface area contributed by atoms with Crippen LogP contribution in [0.2, 0.25) is 0 Å². The molecule has 2 aliphatic heterocycles. The highest BCUT2D eigenvalue weighted by Gasteiger charge is 2.39. The normalized spacial score (nSPS) is 23.0. The fourth-order valence-electron chi connectivity index (χ4n) is 3.93. The second kappa shape index (κ2) is 10.6. The predicted octanol–water partition coefficient (Wildman–Crippen LogP) is 1.57. The second-order valence-electron chi connectivity index (χ2n) is 7.83. The van der Waals surface area contributed by atoms with Crippen LogP contribution >= 0.6 is 0 Å².